The van der Waals surface area contributed by atoms with Crippen molar-refractivity contribution in [3.63, 3.8) is 0 Å². The van der Waals surface area contributed by atoms with Gasteiger partial charge in [-0.3, -0.25) is 14.5 Å². The van der Waals surface area contributed by atoms with Crippen LogP contribution in [0.15, 0.2) is 40.9 Å². The van der Waals surface area contributed by atoms with Gasteiger partial charge >= 0.3 is 0 Å². The zero-order chi connectivity index (χ0) is 19.8. The Bertz CT molecular complexity index is 770. The van der Waals surface area contributed by atoms with E-state index in [9.17, 15) is 9.59 Å². The highest BCUT2D eigenvalue weighted by molar-refractivity contribution is 5.93. The van der Waals surface area contributed by atoms with Crippen molar-refractivity contribution in [3.05, 3.63) is 42.1 Å². The lowest BCUT2D eigenvalue weighted by molar-refractivity contribution is -0.122. The molecule has 150 valence electrons. The van der Waals surface area contributed by atoms with Crippen molar-refractivity contribution in [2.45, 2.75) is 6.42 Å². The maximum Gasteiger partial charge on any atom is 0.276 e. The van der Waals surface area contributed by atoms with E-state index >= 15 is 0 Å². The summed E-state index contributed by atoms with van der Waals surface area (Å²) in [6.45, 7) is 4.02. The predicted molar refractivity (Wildman–Crippen MR) is 104 cm³/mol. The lowest BCUT2D eigenvalue weighted by Gasteiger charge is -2.33. The molecular weight excluding hydrogens is 360 g/mol. The molecule has 2 aromatic rings. The molecular formula is C20H26N4O4. The number of nitrogens with one attached hydrogen (secondary N) is 1. The molecule has 2 amide bonds. The Kier molecular flexibility index (Phi) is 7.16. The van der Waals surface area contributed by atoms with Crippen LogP contribution in [0.5, 0.6) is 0 Å². The summed E-state index contributed by atoms with van der Waals surface area (Å²) in [4.78, 5) is 28.4. The van der Waals surface area contributed by atoms with E-state index in [-0.39, 0.29) is 11.8 Å². The van der Waals surface area contributed by atoms with E-state index in [1.165, 1.54) is 0 Å². The minimum atomic E-state index is -0.144. The molecule has 0 aliphatic carbocycles. The van der Waals surface area contributed by atoms with Gasteiger partial charge in [0.1, 0.15) is 0 Å². The summed E-state index contributed by atoms with van der Waals surface area (Å²) in [6.07, 6.45) is 0.799. The number of hydrogen-bond acceptors (Lipinski definition) is 6. The number of piperazine rings is 1. The van der Waals surface area contributed by atoms with E-state index in [1.807, 2.05) is 35.2 Å². The monoisotopic (exact) mass is 386 g/mol. The molecule has 0 radical (unpaired) electrons. The second kappa shape index (κ2) is 10.0. The first-order valence-corrected chi connectivity index (χ1v) is 9.47. The lowest BCUT2D eigenvalue weighted by Crippen LogP contribution is -2.51. The molecule has 0 saturated carbocycles. The highest BCUT2D eigenvalue weighted by Gasteiger charge is 2.25. The molecule has 8 heteroatoms. The standard InChI is InChI=1S/C20H26N4O4/c1-27-13-5-8-21-19(25)15-23-9-11-24(12-10-23)20(26)17-14-18(28-22-17)16-6-3-2-4-7-16/h2-4,6-7,14H,5,8-13,15H2,1H3,(H,21,25). The van der Waals surface area contributed by atoms with Crippen LogP contribution in [0.4, 0.5) is 0 Å². The molecule has 1 N–H and O–H groups in total. The van der Waals surface area contributed by atoms with Crippen LogP contribution in [0.25, 0.3) is 11.3 Å². The van der Waals surface area contributed by atoms with Crippen molar-refractivity contribution < 1.29 is 18.8 Å². The van der Waals surface area contributed by atoms with E-state index in [1.54, 1.807) is 18.1 Å². The lowest BCUT2D eigenvalue weighted by atomic mass is 10.1. The van der Waals surface area contributed by atoms with Crippen LogP contribution in [0.2, 0.25) is 0 Å². The normalized spacial score (nSPS) is 14.8. The molecule has 1 aromatic carbocycles. The molecule has 1 aliphatic heterocycles. The van der Waals surface area contributed by atoms with Gasteiger partial charge in [0.05, 0.1) is 6.54 Å². The number of nitrogens with zero attached hydrogens (tertiary/aromatic N) is 3. The fourth-order valence-corrected chi connectivity index (χ4v) is 3.09. The zero-order valence-corrected chi connectivity index (χ0v) is 16.1. The smallest absolute Gasteiger partial charge is 0.276 e. The van der Waals surface area contributed by atoms with Crippen LogP contribution in [0.1, 0.15) is 16.9 Å². The van der Waals surface area contributed by atoms with Crippen LogP contribution in [0, 0.1) is 0 Å². The van der Waals surface area contributed by atoms with Crippen LogP contribution in [-0.4, -0.2) is 79.8 Å². The fourth-order valence-electron chi connectivity index (χ4n) is 3.09. The number of hydrogen-bond donors (Lipinski definition) is 1. The number of benzene rings is 1. The largest absolute Gasteiger partial charge is 0.385 e. The number of ether oxygens (including phenoxy) is 1. The summed E-state index contributed by atoms with van der Waals surface area (Å²) >= 11 is 0. The second-order valence-electron chi connectivity index (χ2n) is 6.71. The van der Waals surface area contributed by atoms with E-state index in [2.05, 4.69) is 10.5 Å². The third-order valence-corrected chi connectivity index (χ3v) is 4.66. The fraction of sp³-hybridized carbons (Fsp3) is 0.450. The first-order chi connectivity index (χ1) is 13.7. The van der Waals surface area contributed by atoms with Gasteiger partial charge in [-0.15, -0.1) is 0 Å². The van der Waals surface area contributed by atoms with Gasteiger partial charge in [-0.25, -0.2) is 0 Å². The van der Waals surface area contributed by atoms with Gasteiger partial charge in [-0.1, -0.05) is 35.5 Å². The van der Waals surface area contributed by atoms with E-state index in [0.29, 0.717) is 57.3 Å². The Morgan fingerprint density at radius 2 is 1.93 bits per heavy atom. The molecule has 1 saturated heterocycles. The van der Waals surface area contributed by atoms with Crippen LogP contribution in [-0.2, 0) is 9.53 Å². The number of amides is 2. The molecule has 8 nitrogen and oxygen atoms in total. The van der Waals surface area contributed by atoms with Gasteiger partial charge in [0, 0.05) is 58.1 Å². The van der Waals surface area contributed by atoms with Crippen LogP contribution >= 0.6 is 0 Å². The summed E-state index contributed by atoms with van der Waals surface area (Å²) in [7, 11) is 1.64. The molecule has 1 aliphatic rings. The van der Waals surface area contributed by atoms with E-state index in [4.69, 9.17) is 9.26 Å². The van der Waals surface area contributed by atoms with Crippen LogP contribution in [0.3, 0.4) is 0 Å². The van der Waals surface area contributed by atoms with Crippen molar-refractivity contribution in [2.24, 2.45) is 0 Å². The van der Waals surface area contributed by atoms with Gasteiger partial charge in [0.2, 0.25) is 5.91 Å². The van der Waals surface area contributed by atoms with Crippen molar-refractivity contribution in [1.82, 2.24) is 20.3 Å². The summed E-state index contributed by atoms with van der Waals surface area (Å²) in [5, 5.41) is 6.81. The molecule has 28 heavy (non-hydrogen) atoms. The molecule has 0 spiro atoms. The van der Waals surface area contributed by atoms with E-state index in [0.717, 1.165) is 12.0 Å². The number of aromatic nitrogens is 1. The molecule has 3 rings (SSSR count). The average molecular weight is 386 g/mol. The summed E-state index contributed by atoms with van der Waals surface area (Å²) in [5.41, 5.74) is 1.19. The Hall–Kier alpha value is -2.71. The second-order valence-corrected chi connectivity index (χ2v) is 6.71. The molecule has 2 heterocycles. The minimum Gasteiger partial charge on any atom is -0.385 e. The van der Waals surface area contributed by atoms with Crippen molar-refractivity contribution in [1.29, 1.82) is 0 Å². The Morgan fingerprint density at radius 3 is 2.64 bits per heavy atom. The van der Waals surface area contributed by atoms with Crippen LogP contribution < -0.4 is 5.32 Å². The Balaban J connectivity index is 1.45. The molecule has 0 atom stereocenters. The highest BCUT2D eigenvalue weighted by Crippen LogP contribution is 2.20. The highest BCUT2D eigenvalue weighted by atomic mass is 16.5. The quantitative estimate of drug-likeness (QED) is 0.687. The number of rotatable bonds is 8. The summed E-state index contributed by atoms with van der Waals surface area (Å²) in [5.74, 6) is 0.433. The molecule has 0 unspecified atom stereocenters. The first kappa shape index (κ1) is 20.0. The maximum atomic E-state index is 12.7. The van der Waals surface area contributed by atoms with Crippen molar-refractivity contribution in [2.75, 3.05) is 53.0 Å². The van der Waals surface area contributed by atoms with Gasteiger partial charge in [-0.2, -0.15) is 0 Å². The van der Waals surface area contributed by atoms with Gasteiger partial charge in [0.25, 0.3) is 5.91 Å². The topological polar surface area (TPSA) is 87.9 Å². The molecule has 1 fully saturated rings. The first-order valence-electron chi connectivity index (χ1n) is 9.47. The summed E-state index contributed by atoms with van der Waals surface area (Å²) < 4.78 is 10.3. The third-order valence-electron chi connectivity index (χ3n) is 4.66. The Labute approximate surface area is 164 Å². The van der Waals surface area contributed by atoms with Gasteiger partial charge in [-0.05, 0) is 6.42 Å². The minimum absolute atomic E-state index is 0.000108. The third kappa shape index (κ3) is 5.40. The van der Waals surface area contributed by atoms with Crippen molar-refractivity contribution in [3.8, 4) is 11.3 Å². The number of methoxy groups -OCH3 is 1. The maximum absolute atomic E-state index is 12.7. The van der Waals surface area contributed by atoms with Crippen molar-refractivity contribution >= 4 is 11.8 Å². The van der Waals surface area contributed by atoms with Gasteiger partial charge < -0.3 is 19.5 Å². The molecule has 0 bridgehead atoms. The zero-order valence-electron chi connectivity index (χ0n) is 16.1. The van der Waals surface area contributed by atoms with E-state index < -0.39 is 0 Å². The molecule has 1 aromatic heterocycles. The summed E-state index contributed by atoms with van der Waals surface area (Å²) in [6, 6.07) is 11.2. The number of carbonyl (C=O) groups is 2. The Morgan fingerprint density at radius 1 is 1.18 bits per heavy atom. The predicted octanol–water partition coefficient (Wildman–Crippen LogP) is 1.25. The van der Waals surface area contributed by atoms with Gasteiger partial charge in [0.15, 0.2) is 11.5 Å². The number of carbonyl (C=O) groups excluding carboxylic acids is 2. The average Bonchev–Trinajstić information content (AvgIpc) is 3.22. The SMILES string of the molecule is COCCCNC(=O)CN1CCN(C(=O)c2cc(-c3ccccc3)on2)CC1.